The van der Waals surface area contributed by atoms with Crippen LogP contribution in [0.15, 0.2) is 42.5 Å². The van der Waals surface area contributed by atoms with Gasteiger partial charge in [-0.1, -0.05) is 18.2 Å². The molecule has 0 aliphatic carbocycles. The van der Waals surface area contributed by atoms with Crippen LogP contribution < -0.4 is 9.47 Å². The Morgan fingerprint density at radius 3 is 2.45 bits per heavy atom. The highest BCUT2D eigenvalue weighted by Gasteiger charge is 2.52. The molecule has 1 saturated heterocycles. The zero-order valence-electron chi connectivity index (χ0n) is 20.0. The lowest BCUT2D eigenvalue weighted by Crippen LogP contribution is -2.33. The Kier molecular flexibility index (Phi) is 7.87. The number of amides is 1. The SMILES string of the molecule is CCOc1ccccc1C1C(C(=O)c2ccc(OC)c(C)c2)C(=O)C(=O)N1CCCN(C)C. The maximum atomic E-state index is 13.6. The molecule has 3 rings (SSSR count). The van der Waals surface area contributed by atoms with Gasteiger partial charge in [0.15, 0.2) is 5.78 Å². The van der Waals surface area contributed by atoms with Gasteiger partial charge in [0.1, 0.15) is 17.4 Å². The van der Waals surface area contributed by atoms with Crippen molar-refractivity contribution < 1.29 is 23.9 Å². The molecule has 1 aliphatic heterocycles. The second-order valence-electron chi connectivity index (χ2n) is 8.46. The van der Waals surface area contributed by atoms with Gasteiger partial charge in [-0.2, -0.15) is 0 Å². The third-order valence-corrected chi connectivity index (χ3v) is 5.91. The van der Waals surface area contributed by atoms with Crippen molar-refractivity contribution in [2.45, 2.75) is 26.3 Å². The number of aryl methyl sites for hydroxylation is 1. The second-order valence-corrected chi connectivity index (χ2v) is 8.46. The summed E-state index contributed by atoms with van der Waals surface area (Å²) in [6.45, 7) is 5.28. The highest BCUT2D eigenvalue weighted by molar-refractivity contribution is 6.44. The van der Waals surface area contributed by atoms with Crippen LogP contribution in [0.4, 0.5) is 0 Å². The van der Waals surface area contributed by atoms with Gasteiger partial charge >= 0.3 is 0 Å². The third-order valence-electron chi connectivity index (χ3n) is 5.91. The molecular weight excluding hydrogens is 420 g/mol. The number of rotatable bonds is 10. The minimum Gasteiger partial charge on any atom is -0.496 e. The topological polar surface area (TPSA) is 76.1 Å². The largest absolute Gasteiger partial charge is 0.496 e. The molecule has 0 radical (unpaired) electrons. The minimum absolute atomic E-state index is 0.370. The van der Waals surface area contributed by atoms with Crippen LogP contribution in [0.2, 0.25) is 0 Å². The fraction of sp³-hybridized carbons (Fsp3) is 0.423. The van der Waals surface area contributed by atoms with Crippen LogP contribution in [0.5, 0.6) is 11.5 Å². The van der Waals surface area contributed by atoms with Crippen molar-refractivity contribution in [3.8, 4) is 11.5 Å². The molecule has 2 aromatic carbocycles. The molecule has 0 spiro atoms. The Hall–Kier alpha value is -3.19. The first kappa shape index (κ1) is 24.5. The molecule has 1 amide bonds. The van der Waals surface area contributed by atoms with Crippen molar-refractivity contribution in [1.29, 1.82) is 0 Å². The molecule has 176 valence electrons. The second kappa shape index (κ2) is 10.6. The van der Waals surface area contributed by atoms with Gasteiger partial charge in [-0.05, 0) is 70.7 Å². The van der Waals surface area contributed by atoms with Gasteiger partial charge in [0.2, 0.25) is 5.78 Å². The number of hydrogen-bond acceptors (Lipinski definition) is 6. The maximum absolute atomic E-state index is 13.6. The summed E-state index contributed by atoms with van der Waals surface area (Å²) in [7, 11) is 5.48. The summed E-state index contributed by atoms with van der Waals surface area (Å²) >= 11 is 0. The molecular formula is C26H32N2O5. The Morgan fingerprint density at radius 1 is 1.09 bits per heavy atom. The molecule has 0 bridgehead atoms. The zero-order chi connectivity index (χ0) is 24.1. The standard InChI is InChI=1S/C26H32N2O5/c1-6-33-21-11-8-7-10-19(21)23-22(24(29)18-12-13-20(32-5)17(2)16-18)25(30)26(31)28(23)15-9-14-27(3)4/h7-8,10-13,16,22-23H,6,9,14-15H2,1-5H3. The summed E-state index contributed by atoms with van der Waals surface area (Å²) in [4.78, 5) is 43.5. The van der Waals surface area contributed by atoms with E-state index in [-0.39, 0.29) is 5.78 Å². The first-order valence-electron chi connectivity index (χ1n) is 11.2. The quantitative estimate of drug-likeness (QED) is 0.313. The van der Waals surface area contributed by atoms with Crippen molar-refractivity contribution in [2.24, 2.45) is 5.92 Å². The Balaban J connectivity index is 2.06. The lowest BCUT2D eigenvalue weighted by atomic mass is 9.85. The average Bonchev–Trinajstić information content (AvgIpc) is 3.04. The fourth-order valence-corrected chi connectivity index (χ4v) is 4.36. The first-order valence-corrected chi connectivity index (χ1v) is 11.2. The lowest BCUT2D eigenvalue weighted by Gasteiger charge is -2.29. The Morgan fingerprint density at radius 2 is 1.82 bits per heavy atom. The van der Waals surface area contributed by atoms with Gasteiger partial charge in [0, 0.05) is 17.7 Å². The van der Waals surface area contributed by atoms with Gasteiger partial charge in [-0.3, -0.25) is 14.4 Å². The highest BCUT2D eigenvalue weighted by Crippen LogP contribution is 2.42. The molecule has 0 N–H and O–H groups in total. The summed E-state index contributed by atoms with van der Waals surface area (Å²) in [6.07, 6.45) is 0.682. The Labute approximate surface area is 195 Å². The lowest BCUT2D eigenvalue weighted by molar-refractivity contribution is -0.140. The molecule has 33 heavy (non-hydrogen) atoms. The average molecular weight is 453 g/mol. The number of ether oxygens (including phenoxy) is 2. The van der Waals surface area contributed by atoms with E-state index in [0.29, 0.717) is 42.2 Å². The van der Waals surface area contributed by atoms with Crippen molar-refractivity contribution >= 4 is 17.5 Å². The maximum Gasteiger partial charge on any atom is 0.291 e. The normalized spacial score (nSPS) is 18.2. The van der Waals surface area contributed by atoms with E-state index in [1.165, 1.54) is 0 Å². The molecule has 2 aromatic rings. The molecule has 1 heterocycles. The number of para-hydroxylation sites is 1. The molecule has 7 heteroatoms. The van der Waals surface area contributed by atoms with Crippen LogP contribution in [0.3, 0.4) is 0 Å². The van der Waals surface area contributed by atoms with Crippen LogP contribution in [0.1, 0.15) is 40.9 Å². The summed E-state index contributed by atoms with van der Waals surface area (Å²) in [6, 6.07) is 11.7. The van der Waals surface area contributed by atoms with Crippen LogP contribution in [0, 0.1) is 12.8 Å². The monoisotopic (exact) mass is 452 g/mol. The van der Waals surface area contributed by atoms with Gasteiger partial charge in [0.25, 0.3) is 5.91 Å². The van der Waals surface area contributed by atoms with Crippen LogP contribution >= 0.6 is 0 Å². The number of methoxy groups -OCH3 is 1. The van der Waals surface area contributed by atoms with E-state index in [2.05, 4.69) is 0 Å². The molecule has 0 saturated carbocycles. The van der Waals surface area contributed by atoms with E-state index in [4.69, 9.17) is 9.47 Å². The first-order chi connectivity index (χ1) is 15.8. The predicted octanol–water partition coefficient (Wildman–Crippen LogP) is 3.31. The van der Waals surface area contributed by atoms with Crippen molar-refractivity contribution in [3.05, 3.63) is 59.2 Å². The molecule has 0 aromatic heterocycles. The summed E-state index contributed by atoms with van der Waals surface area (Å²) in [5.74, 6) is -1.56. The fourth-order valence-electron chi connectivity index (χ4n) is 4.36. The molecule has 1 fully saturated rings. The van der Waals surface area contributed by atoms with Gasteiger partial charge in [-0.25, -0.2) is 0 Å². The van der Waals surface area contributed by atoms with Crippen molar-refractivity contribution in [3.63, 3.8) is 0 Å². The summed E-state index contributed by atoms with van der Waals surface area (Å²) in [5.41, 5.74) is 1.84. The number of benzene rings is 2. The van der Waals surface area contributed by atoms with Gasteiger partial charge < -0.3 is 19.3 Å². The Bertz CT molecular complexity index is 1030. The van der Waals surface area contributed by atoms with Crippen molar-refractivity contribution in [1.82, 2.24) is 9.80 Å². The minimum atomic E-state index is -1.13. The van der Waals surface area contributed by atoms with E-state index >= 15 is 0 Å². The van der Waals surface area contributed by atoms with Crippen molar-refractivity contribution in [2.75, 3.05) is 40.9 Å². The molecule has 7 nitrogen and oxygen atoms in total. The molecule has 2 unspecified atom stereocenters. The molecule has 1 aliphatic rings. The zero-order valence-corrected chi connectivity index (χ0v) is 20.0. The van der Waals surface area contributed by atoms with E-state index in [1.54, 1.807) is 30.2 Å². The van der Waals surface area contributed by atoms with Crippen LogP contribution in [0.25, 0.3) is 0 Å². The van der Waals surface area contributed by atoms with Gasteiger partial charge in [0.05, 0.1) is 19.8 Å². The van der Waals surface area contributed by atoms with Gasteiger partial charge in [-0.15, -0.1) is 0 Å². The third kappa shape index (κ3) is 5.09. The molecule has 2 atom stereocenters. The predicted molar refractivity (Wildman–Crippen MR) is 126 cm³/mol. The van der Waals surface area contributed by atoms with E-state index in [1.807, 2.05) is 57.1 Å². The highest BCUT2D eigenvalue weighted by atomic mass is 16.5. The number of likely N-dealkylation sites (tertiary alicyclic amines) is 1. The number of carbonyl (C=O) groups is 3. The number of Topliss-reactive ketones (excluding diaryl/α,β-unsaturated/α-hetero) is 2. The number of nitrogens with zero attached hydrogens (tertiary/aromatic N) is 2. The smallest absolute Gasteiger partial charge is 0.291 e. The number of hydrogen-bond donors (Lipinski definition) is 0. The van der Waals surface area contributed by atoms with Crippen LogP contribution in [-0.4, -0.2) is 68.2 Å². The number of carbonyl (C=O) groups excluding carboxylic acids is 3. The number of ketones is 2. The van der Waals surface area contributed by atoms with E-state index in [9.17, 15) is 14.4 Å². The summed E-state index contributed by atoms with van der Waals surface area (Å²) in [5, 5.41) is 0. The summed E-state index contributed by atoms with van der Waals surface area (Å²) < 4.78 is 11.1. The van der Waals surface area contributed by atoms with E-state index in [0.717, 1.165) is 12.1 Å². The van der Waals surface area contributed by atoms with E-state index < -0.39 is 23.7 Å². The van der Waals surface area contributed by atoms with Crippen LogP contribution in [-0.2, 0) is 9.59 Å².